The zero-order valence-corrected chi connectivity index (χ0v) is 6.76. The summed E-state index contributed by atoms with van der Waals surface area (Å²) < 4.78 is 5.27. The minimum atomic E-state index is -0.950. The molecule has 0 bridgehead atoms. The van der Waals surface area contributed by atoms with Gasteiger partial charge >= 0.3 is 5.97 Å². The average Bonchev–Trinajstić information content (AvgIpc) is 1.77. The van der Waals surface area contributed by atoms with Crippen molar-refractivity contribution in [1.82, 2.24) is 5.32 Å². The third kappa shape index (κ3) is 1.52. The van der Waals surface area contributed by atoms with Gasteiger partial charge in [0.25, 0.3) is 0 Å². The van der Waals surface area contributed by atoms with Crippen LogP contribution in [-0.2, 0) is 9.53 Å². The average molecular weight is 159 g/mol. The Kier molecular flexibility index (Phi) is 2.15. The molecule has 4 nitrogen and oxygen atoms in total. The Morgan fingerprint density at radius 1 is 1.64 bits per heavy atom. The first kappa shape index (κ1) is 8.49. The van der Waals surface area contributed by atoms with Gasteiger partial charge in [-0.2, -0.15) is 0 Å². The Morgan fingerprint density at radius 3 is 2.27 bits per heavy atom. The van der Waals surface area contributed by atoms with Gasteiger partial charge < -0.3 is 15.2 Å². The van der Waals surface area contributed by atoms with Crippen molar-refractivity contribution in [2.45, 2.75) is 25.6 Å². The van der Waals surface area contributed by atoms with Crippen LogP contribution in [0.1, 0.15) is 13.8 Å². The van der Waals surface area contributed by atoms with E-state index >= 15 is 0 Å². The highest BCUT2D eigenvalue weighted by atomic mass is 16.5. The molecule has 4 heteroatoms. The Bertz CT molecular complexity index is 163. The molecule has 1 aliphatic rings. The van der Waals surface area contributed by atoms with Crippen molar-refractivity contribution in [3.63, 3.8) is 0 Å². The van der Waals surface area contributed by atoms with Crippen LogP contribution in [0.15, 0.2) is 0 Å². The molecular formula is C7H13NO3. The normalized spacial score (nSPS) is 21.4. The van der Waals surface area contributed by atoms with Crippen molar-refractivity contribution >= 4 is 5.97 Å². The molecule has 0 atom stereocenters. The first-order valence-electron chi connectivity index (χ1n) is 3.69. The van der Waals surface area contributed by atoms with Crippen LogP contribution >= 0.6 is 0 Å². The van der Waals surface area contributed by atoms with Gasteiger partial charge in [-0.1, -0.05) is 0 Å². The summed E-state index contributed by atoms with van der Waals surface area (Å²) in [5.41, 5.74) is -0.950. The maximum Gasteiger partial charge on any atom is 0.338 e. The fourth-order valence-corrected chi connectivity index (χ4v) is 1.09. The quantitative estimate of drug-likeness (QED) is 0.600. The van der Waals surface area contributed by atoms with Crippen LogP contribution in [0.5, 0.6) is 0 Å². The van der Waals surface area contributed by atoms with E-state index in [0.29, 0.717) is 13.1 Å². The van der Waals surface area contributed by atoms with Gasteiger partial charge in [0.1, 0.15) is 0 Å². The van der Waals surface area contributed by atoms with E-state index < -0.39 is 11.6 Å². The fraction of sp³-hybridized carbons (Fsp3) is 0.857. The van der Waals surface area contributed by atoms with E-state index in [2.05, 4.69) is 5.32 Å². The van der Waals surface area contributed by atoms with Crippen LogP contribution < -0.4 is 5.32 Å². The Morgan fingerprint density at radius 2 is 2.18 bits per heavy atom. The highest BCUT2D eigenvalue weighted by molar-refractivity contribution is 5.79. The highest BCUT2D eigenvalue weighted by Gasteiger charge is 2.46. The maximum atomic E-state index is 10.7. The first-order chi connectivity index (χ1) is 5.07. The predicted octanol–water partition coefficient (Wildman–Crippen LogP) is -0.162. The maximum absolute atomic E-state index is 10.7. The van der Waals surface area contributed by atoms with Gasteiger partial charge in [-0.3, -0.25) is 0 Å². The van der Waals surface area contributed by atoms with E-state index in [-0.39, 0.29) is 6.10 Å². The lowest BCUT2D eigenvalue weighted by atomic mass is 9.97. The fourth-order valence-electron chi connectivity index (χ4n) is 1.09. The highest BCUT2D eigenvalue weighted by Crippen LogP contribution is 2.18. The third-order valence-corrected chi connectivity index (χ3v) is 1.67. The monoisotopic (exact) mass is 159 g/mol. The van der Waals surface area contributed by atoms with E-state index in [0.717, 1.165) is 0 Å². The van der Waals surface area contributed by atoms with Crippen LogP contribution in [0.25, 0.3) is 0 Å². The topological polar surface area (TPSA) is 58.6 Å². The summed E-state index contributed by atoms with van der Waals surface area (Å²) in [5, 5.41) is 11.7. The van der Waals surface area contributed by atoms with E-state index in [9.17, 15) is 4.79 Å². The summed E-state index contributed by atoms with van der Waals surface area (Å²) in [4.78, 5) is 10.7. The number of hydrogen-bond acceptors (Lipinski definition) is 3. The second kappa shape index (κ2) is 2.79. The van der Waals surface area contributed by atoms with Crippen LogP contribution in [0.2, 0.25) is 0 Å². The lowest BCUT2D eigenvalue weighted by Gasteiger charge is -2.39. The summed E-state index contributed by atoms with van der Waals surface area (Å²) in [6.07, 6.45) is -0.0341. The van der Waals surface area contributed by atoms with Crippen molar-refractivity contribution in [3.05, 3.63) is 0 Å². The van der Waals surface area contributed by atoms with Crippen molar-refractivity contribution in [2.24, 2.45) is 0 Å². The summed E-state index contributed by atoms with van der Waals surface area (Å²) >= 11 is 0. The van der Waals surface area contributed by atoms with Gasteiger partial charge in [0.05, 0.1) is 6.10 Å². The summed E-state index contributed by atoms with van der Waals surface area (Å²) in [5.74, 6) is -0.870. The van der Waals surface area contributed by atoms with Crippen LogP contribution in [-0.4, -0.2) is 35.9 Å². The molecule has 0 aromatic carbocycles. The number of ether oxygens (including phenoxy) is 1. The molecule has 0 radical (unpaired) electrons. The van der Waals surface area contributed by atoms with Gasteiger partial charge in [-0.05, 0) is 13.8 Å². The molecule has 1 saturated heterocycles. The molecule has 0 aromatic rings. The molecule has 1 heterocycles. The molecule has 64 valence electrons. The summed E-state index contributed by atoms with van der Waals surface area (Å²) in [6, 6.07) is 0. The van der Waals surface area contributed by atoms with Crippen LogP contribution in [0, 0.1) is 0 Å². The summed E-state index contributed by atoms with van der Waals surface area (Å²) in [7, 11) is 0. The second-order valence-electron chi connectivity index (χ2n) is 3.07. The molecule has 0 aliphatic carbocycles. The zero-order valence-electron chi connectivity index (χ0n) is 6.76. The van der Waals surface area contributed by atoms with Crippen molar-refractivity contribution in [3.8, 4) is 0 Å². The molecule has 1 fully saturated rings. The first-order valence-corrected chi connectivity index (χ1v) is 3.69. The van der Waals surface area contributed by atoms with Crippen molar-refractivity contribution in [1.29, 1.82) is 0 Å². The third-order valence-electron chi connectivity index (χ3n) is 1.67. The second-order valence-corrected chi connectivity index (χ2v) is 3.07. The molecule has 0 unspecified atom stereocenters. The number of carboxylic acid groups (broad SMARTS) is 1. The minimum absolute atomic E-state index is 0.0341. The molecule has 0 saturated carbocycles. The van der Waals surface area contributed by atoms with Crippen LogP contribution in [0.3, 0.4) is 0 Å². The number of nitrogens with one attached hydrogen (secondary N) is 1. The standard InChI is InChI=1S/C7H13NO3/c1-5(2)11-7(6(9)10)3-8-4-7/h5,8H,3-4H2,1-2H3,(H,9,10). The van der Waals surface area contributed by atoms with Crippen LogP contribution in [0.4, 0.5) is 0 Å². The number of aliphatic carboxylic acids is 1. The minimum Gasteiger partial charge on any atom is -0.479 e. The molecular weight excluding hydrogens is 146 g/mol. The van der Waals surface area contributed by atoms with E-state index in [1.54, 1.807) is 0 Å². The largest absolute Gasteiger partial charge is 0.479 e. The van der Waals surface area contributed by atoms with E-state index in [4.69, 9.17) is 9.84 Å². The number of rotatable bonds is 3. The predicted molar refractivity (Wildman–Crippen MR) is 39.5 cm³/mol. The molecule has 11 heavy (non-hydrogen) atoms. The van der Waals surface area contributed by atoms with Gasteiger partial charge in [-0.25, -0.2) is 4.79 Å². The number of hydrogen-bond donors (Lipinski definition) is 2. The van der Waals surface area contributed by atoms with Gasteiger partial charge in [0.15, 0.2) is 5.60 Å². The number of carbonyl (C=O) groups is 1. The Hall–Kier alpha value is -0.610. The lowest BCUT2D eigenvalue weighted by molar-refractivity contribution is -0.180. The molecule has 0 aromatic heterocycles. The summed E-state index contributed by atoms with van der Waals surface area (Å²) in [6.45, 7) is 4.51. The van der Waals surface area contributed by atoms with Gasteiger partial charge in [-0.15, -0.1) is 0 Å². The SMILES string of the molecule is CC(C)OC1(C(=O)O)CNC1. The zero-order chi connectivity index (χ0) is 8.48. The van der Waals surface area contributed by atoms with Gasteiger partial charge in [0.2, 0.25) is 0 Å². The molecule has 0 amide bonds. The smallest absolute Gasteiger partial charge is 0.338 e. The molecule has 2 N–H and O–H groups in total. The van der Waals surface area contributed by atoms with Crippen molar-refractivity contribution in [2.75, 3.05) is 13.1 Å². The van der Waals surface area contributed by atoms with E-state index in [1.165, 1.54) is 0 Å². The Labute approximate surface area is 65.5 Å². The van der Waals surface area contributed by atoms with Crippen molar-refractivity contribution < 1.29 is 14.6 Å². The van der Waals surface area contributed by atoms with Gasteiger partial charge in [0, 0.05) is 13.1 Å². The lowest BCUT2D eigenvalue weighted by Crippen LogP contribution is -2.66. The Balaban J connectivity index is 2.54. The molecule has 0 spiro atoms. The molecule has 1 aliphatic heterocycles. The van der Waals surface area contributed by atoms with E-state index in [1.807, 2.05) is 13.8 Å². The number of carboxylic acids is 1. The molecule has 1 rings (SSSR count).